The largest absolute Gasteiger partial charge is 0.481 e. The minimum atomic E-state index is -1.45. The number of imide groups is 1. The number of aliphatic hydroxyl groups excluding tert-OH is 2. The number of hydrogen-bond acceptors (Lipinski definition) is 6. The Morgan fingerprint density at radius 2 is 1.64 bits per heavy atom. The van der Waals surface area contributed by atoms with Crippen LogP contribution in [0.3, 0.4) is 0 Å². The van der Waals surface area contributed by atoms with E-state index >= 15 is 0 Å². The SMILES string of the molecule is O=C(O)[C@H]1C[C@@H](NN2C(=O)c3ccccc3C2=O)[C@H](O)[C@@H]1O. The van der Waals surface area contributed by atoms with Gasteiger partial charge in [0.25, 0.3) is 11.8 Å². The van der Waals surface area contributed by atoms with E-state index in [9.17, 15) is 24.6 Å². The minimum absolute atomic E-state index is 0.0922. The standard InChI is InChI=1S/C14H14N2O6/c17-10-8(14(21)22)5-9(11(10)18)15-16-12(19)6-3-1-2-4-7(6)13(16)20/h1-4,8-11,15,17-18H,5H2,(H,21,22)/t8-,9+,10+,11-/m0/s1. The van der Waals surface area contributed by atoms with Crippen LogP contribution < -0.4 is 5.43 Å². The summed E-state index contributed by atoms with van der Waals surface area (Å²) in [6.07, 6.45) is -2.93. The van der Waals surface area contributed by atoms with Crippen LogP contribution in [0.5, 0.6) is 0 Å². The summed E-state index contributed by atoms with van der Waals surface area (Å²) >= 11 is 0. The lowest BCUT2D eigenvalue weighted by Crippen LogP contribution is -2.51. The number of rotatable bonds is 3. The lowest BCUT2D eigenvalue weighted by atomic mass is 10.1. The number of aliphatic carboxylic acids is 1. The van der Waals surface area contributed by atoms with Gasteiger partial charge in [-0.15, -0.1) is 0 Å². The van der Waals surface area contributed by atoms with E-state index < -0.39 is 42.0 Å². The third-order valence-electron chi connectivity index (χ3n) is 4.09. The van der Waals surface area contributed by atoms with Crippen molar-refractivity contribution in [2.24, 2.45) is 5.92 Å². The van der Waals surface area contributed by atoms with Crippen molar-refractivity contribution in [2.75, 3.05) is 0 Å². The second kappa shape index (κ2) is 5.16. The van der Waals surface area contributed by atoms with Crippen LogP contribution in [-0.2, 0) is 4.79 Å². The van der Waals surface area contributed by atoms with Crippen molar-refractivity contribution in [3.63, 3.8) is 0 Å². The number of hydrogen-bond donors (Lipinski definition) is 4. The molecule has 3 rings (SSSR count). The molecule has 1 aliphatic heterocycles. The Morgan fingerprint density at radius 1 is 1.09 bits per heavy atom. The van der Waals surface area contributed by atoms with Crippen LogP contribution in [0.25, 0.3) is 0 Å². The molecule has 1 saturated carbocycles. The quantitative estimate of drug-likeness (QED) is 0.526. The molecule has 22 heavy (non-hydrogen) atoms. The van der Waals surface area contributed by atoms with Gasteiger partial charge in [-0.25, -0.2) is 10.4 Å². The number of fused-ring (bicyclic) bond motifs is 1. The van der Waals surface area contributed by atoms with Crippen LogP contribution in [0.4, 0.5) is 0 Å². The number of benzene rings is 1. The van der Waals surface area contributed by atoms with Crippen LogP contribution in [0.1, 0.15) is 27.1 Å². The highest BCUT2D eigenvalue weighted by Crippen LogP contribution is 2.29. The van der Waals surface area contributed by atoms with E-state index in [0.717, 1.165) is 5.01 Å². The summed E-state index contributed by atoms with van der Waals surface area (Å²) in [7, 11) is 0. The van der Waals surface area contributed by atoms with Crippen LogP contribution in [0, 0.1) is 5.92 Å². The first kappa shape index (κ1) is 14.6. The second-order valence-corrected chi connectivity index (χ2v) is 5.39. The molecule has 0 bridgehead atoms. The number of aliphatic hydroxyl groups is 2. The van der Waals surface area contributed by atoms with Gasteiger partial charge in [0.15, 0.2) is 0 Å². The Labute approximate surface area is 124 Å². The summed E-state index contributed by atoms with van der Waals surface area (Å²) < 4.78 is 0. The molecule has 4 atom stereocenters. The molecular formula is C14H14N2O6. The molecule has 4 N–H and O–H groups in total. The van der Waals surface area contributed by atoms with E-state index in [0.29, 0.717) is 0 Å². The van der Waals surface area contributed by atoms with Crippen LogP contribution in [0.15, 0.2) is 24.3 Å². The van der Waals surface area contributed by atoms with Gasteiger partial charge in [0.05, 0.1) is 35.3 Å². The van der Waals surface area contributed by atoms with E-state index in [1.165, 1.54) is 12.1 Å². The van der Waals surface area contributed by atoms with Crippen molar-refractivity contribution in [1.82, 2.24) is 10.4 Å². The first-order valence-electron chi connectivity index (χ1n) is 6.74. The molecule has 1 aromatic carbocycles. The third-order valence-corrected chi connectivity index (χ3v) is 4.09. The van der Waals surface area contributed by atoms with Crippen molar-refractivity contribution in [3.8, 4) is 0 Å². The summed E-state index contributed by atoms with van der Waals surface area (Å²) in [5.74, 6) is -3.52. The smallest absolute Gasteiger partial charge is 0.309 e. The lowest BCUT2D eigenvalue weighted by molar-refractivity contribution is -0.145. The van der Waals surface area contributed by atoms with Gasteiger partial charge in [0.1, 0.15) is 0 Å². The number of carbonyl (C=O) groups is 3. The molecule has 0 unspecified atom stereocenters. The fourth-order valence-electron chi connectivity index (χ4n) is 2.88. The van der Waals surface area contributed by atoms with Gasteiger partial charge < -0.3 is 15.3 Å². The molecule has 8 heteroatoms. The van der Waals surface area contributed by atoms with E-state index in [1.54, 1.807) is 12.1 Å². The topological polar surface area (TPSA) is 127 Å². The molecule has 0 radical (unpaired) electrons. The van der Waals surface area contributed by atoms with Crippen LogP contribution in [-0.4, -0.2) is 56.4 Å². The molecular weight excluding hydrogens is 292 g/mol. The van der Waals surface area contributed by atoms with Crippen molar-refractivity contribution in [2.45, 2.75) is 24.7 Å². The average molecular weight is 306 g/mol. The summed E-state index contributed by atoms with van der Waals surface area (Å²) in [6, 6.07) is 5.37. The normalized spacial score (nSPS) is 30.7. The number of amides is 2. The zero-order valence-corrected chi connectivity index (χ0v) is 11.3. The van der Waals surface area contributed by atoms with E-state index in [-0.39, 0.29) is 17.5 Å². The number of hydrazine groups is 1. The summed E-state index contributed by atoms with van der Waals surface area (Å²) in [5.41, 5.74) is 3.03. The van der Waals surface area contributed by atoms with Crippen molar-refractivity contribution in [1.29, 1.82) is 0 Å². The number of carboxylic acids is 1. The molecule has 2 amide bonds. The van der Waals surface area contributed by atoms with E-state index in [1.807, 2.05) is 0 Å². The maximum Gasteiger partial charge on any atom is 0.309 e. The summed E-state index contributed by atoms with van der Waals surface area (Å²) in [5, 5.41) is 29.4. The zero-order chi connectivity index (χ0) is 16.0. The van der Waals surface area contributed by atoms with Gasteiger partial charge in [-0.3, -0.25) is 14.4 Å². The first-order valence-corrected chi connectivity index (χ1v) is 6.74. The van der Waals surface area contributed by atoms with Crippen LogP contribution >= 0.6 is 0 Å². The van der Waals surface area contributed by atoms with Crippen molar-refractivity contribution >= 4 is 17.8 Å². The number of carbonyl (C=O) groups excluding carboxylic acids is 2. The van der Waals surface area contributed by atoms with E-state index in [4.69, 9.17) is 5.11 Å². The molecule has 1 fully saturated rings. The number of carboxylic acid groups (broad SMARTS) is 1. The average Bonchev–Trinajstić information content (AvgIpc) is 2.91. The predicted molar refractivity (Wildman–Crippen MR) is 71.6 cm³/mol. The lowest BCUT2D eigenvalue weighted by Gasteiger charge is -2.23. The molecule has 1 aliphatic carbocycles. The zero-order valence-electron chi connectivity index (χ0n) is 11.3. The predicted octanol–water partition coefficient (Wildman–Crippen LogP) is -1.02. The minimum Gasteiger partial charge on any atom is -0.481 e. The maximum atomic E-state index is 12.2. The molecule has 0 aromatic heterocycles. The monoisotopic (exact) mass is 306 g/mol. The fraction of sp³-hybridized carbons (Fsp3) is 0.357. The number of nitrogens with zero attached hydrogens (tertiary/aromatic N) is 1. The van der Waals surface area contributed by atoms with Gasteiger partial charge in [0, 0.05) is 0 Å². The molecule has 116 valence electrons. The van der Waals surface area contributed by atoms with Gasteiger partial charge >= 0.3 is 5.97 Å². The Morgan fingerprint density at radius 3 is 2.09 bits per heavy atom. The molecule has 8 nitrogen and oxygen atoms in total. The summed E-state index contributed by atoms with van der Waals surface area (Å²) in [4.78, 5) is 35.4. The highest BCUT2D eigenvalue weighted by Gasteiger charge is 2.47. The van der Waals surface area contributed by atoms with Gasteiger partial charge in [-0.1, -0.05) is 12.1 Å². The Kier molecular flexibility index (Phi) is 3.44. The summed E-state index contributed by atoms with van der Waals surface area (Å²) in [6.45, 7) is 0. The molecule has 0 saturated heterocycles. The Hall–Kier alpha value is -2.29. The first-order chi connectivity index (χ1) is 10.4. The Bertz CT molecular complexity index is 625. The fourth-order valence-corrected chi connectivity index (χ4v) is 2.88. The molecule has 1 aromatic rings. The molecule has 1 heterocycles. The van der Waals surface area contributed by atoms with E-state index in [2.05, 4.69) is 5.43 Å². The van der Waals surface area contributed by atoms with Crippen LogP contribution in [0.2, 0.25) is 0 Å². The maximum absolute atomic E-state index is 12.2. The second-order valence-electron chi connectivity index (χ2n) is 5.39. The van der Waals surface area contributed by atoms with Gasteiger partial charge in [-0.05, 0) is 18.6 Å². The third kappa shape index (κ3) is 2.08. The van der Waals surface area contributed by atoms with Crippen molar-refractivity contribution in [3.05, 3.63) is 35.4 Å². The number of nitrogens with one attached hydrogen (secondary N) is 1. The van der Waals surface area contributed by atoms with Gasteiger partial charge in [-0.2, -0.15) is 0 Å². The Balaban J connectivity index is 1.79. The molecule has 0 spiro atoms. The highest BCUT2D eigenvalue weighted by molar-refractivity contribution is 6.20. The highest BCUT2D eigenvalue weighted by atomic mass is 16.4. The molecule has 2 aliphatic rings. The van der Waals surface area contributed by atoms with Crippen molar-refractivity contribution < 1.29 is 29.7 Å². The van der Waals surface area contributed by atoms with Gasteiger partial charge in [0.2, 0.25) is 0 Å².